The summed E-state index contributed by atoms with van der Waals surface area (Å²) >= 11 is 1.56. The van der Waals surface area contributed by atoms with E-state index >= 15 is 0 Å². The van der Waals surface area contributed by atoms with Crippen molar-refractivity contribution in [1.82, 2.24) is 24.5 Å². The Hall–Kier alpha value is -3.30. The third-order valence-corrected chi connectivity index (χ3v) is 7.32. The molecule has 9 heteroatoms. The first kappa shape index (κ1) is 21.2. The molecule has 1 aromatic carbocycles. The van der Waals surface area contributed by atoms with Crippen LogP contribution in [0, 0.1) is 0 Å². The van der Waals surface area contributed by atoms with E-state index in [9.17, 15) is 4.79 Å². The number of ether oxygens (including phenoxy) is 1. The average Bonchev–Trinajstić information content (AvgIpc) is 3.64. The molecule has 6 rings (SSSR count). The van der Waals surface area contributed by atoms with Gasteiger partial charge < -0.3 is 14.5 Å². The lowest BCUT2D eigenvalue weighted by Gasteiger charge is -2.33. The molecule has 4 aromatic rings. The number of carbonyl (C=O) groups excluding carboxylic acids is 1. The van der Waals surface area contributed by atoms with E-state index in [4.69, 9.17) is 4.74 Å². The van der Waals surface area contributed by atoms with Crippen LogP contribution in [-0.2, 0) is 9.53 Å². The number of rotatable bonds is 3. The second-order valence-corrected chi connectivity index (χ2v) is 9.41. The van der Waals surface area contributed by atoms with Crippen LogP contribution in [0.25, 0.3) is 16.9 Å². The molecule has 2 saturated heterocycles. The van der Waals surface area contributed by atoms with Crippen molar-refractivity contribution >= 4 is 28.7 Å². The Morgan fingerprint density at radius 3 is 2.79 bits per heavy atom. The minimum Gasteiger partial charge on any atom is -0.356 e. The Balaban J connectivity index is 1.24. The van der Waals surface area contributed by atoms with Gasteiger partial charge in [0.25, 0.3) is 0 Å². The number of nitrogens with zero attached hydrogens (tertiary/aromatic N) is 6. The quantitative estimate of drug-likeness (QED) is 0.444. The molecular formula is C25H26N6O2S. The van der Waals surface area contributed by atoms with Crippen LogP contribution in [-0.4, -0.2) is 56.3 Å². The number of hydrogen-bond acceptors (Lipinski definition) is 7. The van der Waals surface area contributed by atoms with Crippen molar-refractivity contribution in [3.05, 3.63) is 65.2 Å². The van der Waals surface area contributed by atoms with Crippen LogP contribution < -0.4 is 4.90 Å². The fourth-order valence-electron chi connectivity index (χ4n) is 5.15. The number of amides is 1. The maximum Gasteiger partial charge on any atom is 0.225 e. The average molecular weight is 475 g/mol. The molecular weight excluding hydrogens is 448 g/mol. The van der Waals surface area contributed by atoms with Gasteiger partial charge in [0.05, 0.1) is 23.9 Å². The van der Waals surface area contributed by atoms with E-state index in [0.29, 0.717) is 13.0 Å². The van der Waals surface area contributed by atoms with Crippen molar-refractivity contribution in [3.63, 3.8) is 0 Å². The lowest BCUT2D eigenvalue weighted by molar-refractivity contribution is -0.145. The van der Waals surface area contributed by atoms with Gasteiger partial charge >= 0.3 is 0 Å². The lowest BCUT2D eigenvalue weighted by atomic mass is 10.0. The van der Waals surface area contributed by atoms with Crippen molar-refractivity contribution in [2.75, 3.05) is 24.6 Å². The highest BCUT2D eigenvalue weighted by Crippen LogP contribution is 2.37. The van der Waals surface area contributed by atoms with E-state index in [-0.39, 0.29) is 18.2 Å². The minimum absolute atomic E-state index is 0.0993. The van der Waals surface area contributed by atoms with Gasteiger partial charge in [0.2, 0.25) is 5.91 Å². The molecule has 2 atom stereocenters. The zero-order valence-corrected chi connectivity index (χ0v) is 19.6. The van der Waals surface area contributed by atoms with Gasteiger partial charge in [-0.3, -0.25) is 4.79 Å². The molecule has 0 radical (unpaired) electrons. The van der Waals surface area contributed by atoms with Crippen molar-refractivity contribution in [2.24, 2.45) is 0 Å². The normalized spacial score (nSPS) is 21.7. The van der Waals surface area contributed by atoms with Gasteiger partial charge in [-0.2, -0.15) is 9.61 Å². The van der Waals surface area contributed by atoms with E-state index in [1.165, 1.54) is 5.56 Å². The number of aromatic nitrogens is 4. The monoisotopic (exact) mass is 474 g/mol. The van der Waals surface area contributed by atoms with Gasteiger partial charge in [-0.05, 0) is 37.0 Å². The van der Waals surface area contributed by atoms with Gasteiger partial charge in [0, 0.05) is 30.5 Å². The summed E-state index contributed by atoms with van der Waals surface area (Å²) in [5.41, 5.74) is 5.66. The van der Waals surface area contributed by atoms with E-state index < -0.39 is 0 Å². The molecule has 0 unspecified atom stereocenters. The Labute approximate surface area is 201 Å². The summed E-state index contributed by atoms with van der Waals surface area (Å²) < 4.78 is 8.17. The molecule has 5 heterocycles. The second kappa shape index (κ2) is 9.15. The molecule has 2 aliphatic rings. The van der Waals surface area contributed by atoms with Crippen LogP contribution in [0.3, 0.4) is 0 Å². The highest BCUT2D eigenvalue weighted by atomic mass is 32.1. The standard InChI is InChI=1S/C25H26N6O2S/c32-23-7-4-12-29(13-14-33-24-11-9-21(30(23)24)18-5-2-1-3-6-18)22-10-8-19(20-15-34-17-27-20)25-26-16-28-31(22)25/h1-3,5-6,8,10,15-17,21,24H,4,7,9,11-14H2/t21-,24+/m0/s1. The maximum absolute atomic E-state index is 13.3. The Morgan fingerprint density at radius 1 is 1.03 bits per heavy atom. The first-order valence-corrected chi connectivity index (χ1v) is 12.7. The van der Waals surface area contributed by atoms with Crippen LogP contribution in [0.15, 0.2) is 59.7 Å². The molecule has 0 N–H and O–H groups in total. The van der Waals surface area contributed by atoms with Crippen molar-refractivity contribution in [2.45, 2.75) is 38.0 Å². The van der Waals surface area contributed by atoms with Gasteiger partial charge in [0.15, 0.2) is 5.65 Å². The summed E-state index contributed by atoms with van der Waals surface area (Å²) in [7, 11) is 0. The highest BCUT2D eigenvalue weighted by Gasteiger charge is 2.38. The second-order valence-electron chi connectivity index (χ2n) is 8.70. The summed E-state index contributed by atoms with van der Waals surface area (Å²) in [6.45, 7) is 2.01. The van der Waals surface area contributed by atoms with Gasteiger partial charge in [-0.25, -0.2) is 9.97 Å². The topological polar surface area (TPSA) is 75.9 Å². The van der Waals surface area contributed by atoms with Crippen LogP contribution in [0.4, 0.5) is 5.82 Å². The van der Waals surface area contributed by atoms with Crippen molar-refractivity contribution in [1.29, 1.82) is 0 Å². The van der Waals surface area contributed by atoms with Crippen molar-refractivity contribution in [3.8, 4) is 11.3 Å². The Morgan fingerprint density at radius 2 is 1.94 bits per heavy atom. The number of hydrogen-bond donors (Lipinski definition) is 0. The zero-order chi connectivity index (χ0) is 22.9. The third kappa shape index (κ3) is 3.84. The van der Waals surface area contributed by atoms with Crippen LogP contribution in [0.1, 0.15) is 37.3 Å². The van der Waals surface area contributed by atoms with E-state index in [2.05, 4.69) is 44.2 Å². The van der Waals surface area contributed by atoms with Gasteiger partial charge in [-0.1, -0.05) is 30.3 Å². The van der Waals surface area contributed by atoms with Gasteiger partial charge in [-0.15, -0.1) is 11.3 Å². The number of benzene rings is 1. The summed E-state index contributed by atoms with van der Waals surface area (Å²) in [5.74, 6) is 1.12. The summed E-state index contributed by atoms with van der Waals surface area (Å²) in [6.07, 6.45) is 4.47. The Bertz CT molecular complexity index is 1280. The number of pyridine rings is 1. The highest BCUT2D eigenvalue weighted by molar-refractivity contribution is 7.07. The van der Waals surface area contributed by atoms with Crippen molar-refractivity contribution < 1.29 is 9.53 Å². The molecule has 2 fully saturated rings. The third-order valence-electron chi connectivity index (χ3n) is 6.73. The van der Waals surface area contributed by atoms with E-state index in [1.807, 2.05) is 38.5 Å². The Kier molecular flexibility index (Phi) is 5.72. The number of anilines is 1. The number of carbonyl (C=O) groups is 1. The molecule has 0 saturated carbocycles. The molecule has 0 bridgehead atoms. The van der Waals surface area contributed by atoms with E-state index in [1.54, 1.807) is 17.7 Å². The molecule has 8 nitrogen and oxygen atoms in total. The zero-order valence-electron chi connectivity index (χ0n) is 18.8. The summed E-state index contributed by atoms with van der Waals surface area (Å²) in [5, 5.41) is 6.51. The van der Waals surface area contributed by atoms with Crippen LogP contribution in [0.2, 0.25) is 0 Å². The smallest absolute Gasteiger partial charge is 0.225 e. The summed E-state index contributed by atoms with van der Waals surface area (Å²) in [4.78, 5) is 26.5. The molecule has 2 aliphatic heterocycles. The maximum atomic E-state index is 13.3. The predicted octanol–water partition coefficient (Wildman–Crippen LogP) is 4.16. The first-order valence-electron chi connectivity index (χ1n) is 11.7. The predicted molar refractivity (Wildman–Crippen MR) is 131 cm³/mol. The first-order chi connectivity index (χ1) is 16.8. The molecule has 3 aromatic heterocycles. The molecule has 174 valence electrons. The van der Waals surface area contributed by atoms with E-state index in [0.717, 1.165) is 55.1 Å². The fourth-order valence-corrected chi connectivity index (χ4v) is 5.70. The number of fused-ring (bicyclic) bond motifs is 2. The largest absolute Gasteiger partial charge is 0.356 e. The SMILES string of the molecule is O=C1CCCN(c2ccc(-c3cscn3)c3ncnn23)CCO[C@@H]2CC[C@@H](c3ccccc3)N12. The minimum atomic E-state index is -0.170. The molecule has 1 amide bonds. The molecule has 0 spiro atoms. The van der Waals surface area contributed by atoms with Crippen LogP contribution in [0.5, 0.6) is 0 Å². The summed E-state index contributed by atoms with van der Waals surface area (Å²) in [6, 6.07) is 14.5. The molecule has 0 aliphatic carbocycles. The number of thiazole rings is 1. The lowest BCUT2D eigenvalue weighted by Crippen LogP contribution is -2.42. The molecule has 34 heavy (non-hydrogen) atoms. The van der Waals surface area contributed by atoms with Crippen LogP contribution >= 0.6 is 11.3 Å². The fraction of sp³-hybridized carbons (Fsp3) is 0.360. The van der Waals surface area contributed by atoms with Gasteiger partial charge in [0.1, 0.15) is 18.4 Å².